The lowest BCUT2D eigenvalue weighted by Crippen LogP contribution is -2.14. The maximum atomic E-state index is 12.4. The van der Waals surface area contributed by atoms with Gasteiger partial charge in [0.2, 0.25) is 0 Å². The Labute approximate surface area is 173 Å². The van der Waals surface area contributed by atoms with Crippen LogP contribution >= 0.6 is 0 Å². The van der Waals surface area contributed by atoms with Gasteiger partial charge >= 0.3 is 0 Å². The normalized spacial score (nSPS) is 10.3. The molecule has 0 atom stereocenters. The van der Waals surface area contributed by atoms with E-state index < -0.39 is 0 Å². The molecule has 0 aliphatic carbocycles. The van der Waals surface area contributed by atoms with Crippen molar-refractivity contribution in [2.24, 2.45) is 0 Å². The highest BCUT2D eigenvalue weighted by Crippen LogP contribution is 2.22. The van der Waals surface area contributed by atoms with Gasteiger partial charge in [0, 0.05) is 24.6 Å². The SMILES string of the molecule is O=C(Nc1ccc(Oc2ccccc2)cc1)c1ccc(NCc2cccnc2)nn1. The number of rotatable bonds is 7. The van der Waals surface area contributed by atoms with Crippen molar-refractivity contribution in [3.05, 3.63) is 103 Å². The predicted molar refractivity (Wildman–Crippen MR) is 115 cm³/mol. The van der Waals surface area contributed by atoms with E-state index in [0.717, 1.165) is 11.3 Å². The Bertz CT molecular complexity index is 1090. The lowest BCUT2D eigenvalue weighted by atomic mass is 10.2. The molecular weight excluding hydrogens is 378 g/mol. The van der Waals surface area contributed by atoms with Crippen molar-refractivity contribution < 1.29 is 9.53 Å². The zero-order valence-corrected chi connectivity index (χ0v) is 16.0. The summed E-state index contributed by atoms with van der Waals surface area (Å²) in [5.74, 6) is 1.68. The molecule has 2 N–H and O–H groups in total. The maximum absolute atomic E-state index is 12.4. The Morgan fingerprint density at radius 1 is 0.833 bits per heavy atom. The summed E-state index contributed by atoms with van der Waals surface area (Å²) in [6.07, 6.45) is 3.50. The Morgan fingerprint density at radius 2 is 1.63 bits per heavy atom. The molecule has 0 unspecified atom stereocenters. The van der Waals surface area contributed by atoms with Crippen molar-refractivity contribution in [1.82, 2.24) is 15.2 Å². The van der Waals surface area contributed by atoms with Crippen LogP contribution in [0.4, 0.5) is 11.5 Å². The standard InChI is InChI=1S/C23H19N5O2/c29-23(21-12-13-22(28-27-21)25-16-17-5-4-14-24-15-17)26-18-8-10-20(11-9-18)30-19-6-2-1-3-7-19/h1-15H,16H2,(H,25,28)(H,26,29). The van der Waals surface area contributed by atoms with Gasteiger partial charge in [0.25, 0.3) is 5.91 Å². The minimum atomic E-state index is -0.335. The first kappa shape index (κ1) is 19.1. The molecule has 0 spiro atoms. The molecule has 7 nitrogen and oxygen atoms in total. The summed E-state index contributed by atoms with van der Waals surface area (Å²) in [4.78, 5) is 16.5. The van der Waals surface area contributed by atoms with E-state index in [4.69, 9.17) is 4.74 Å². The van der Waals surface area contributed by atoms with Gasteiger partial charge in [-0.25, -0.2) is 0 Å². The van der Waals surface area contributed by atoms with E-state index in [1.54, 1.807) is 48.8 Å². The first-order chi connectivity index (χ1) is 14.8. The van der Waals surface area contributed by atoms with Crippen molar-refractivity contribution in [3.63, 3.8) is 0 Å². The van der Waals surface area contributed by atoms with Crippen LogP contribution in [-0.4, -0.2) is 21.1 Å². The number of hydrogen-bond acceptors (Lipinski definition) is 6. The van der Waals surface area contributed by atoms with E-state index in [1.165, 1.54) is 0 Å². The molecule has 0 radical (unpaired) electrons. The van der Waals surface area contributed by atoms with Crippen LogP contribution in [0.25, 0.3) is 0 Å². The van der Waals surface area contributed by atoms with Gasteiger partial charge in [-0.2, -0.15) is 0 Å². The molecular formula is C23H19N5O2. The Kier molecular flexibility index (Phi) is 5.91. The molecule has 30 heavy (non-hydrogen) atoms. The molecule has 0 aliphatic heterocycles. The van der Waals surface area contributed by atoms with Crippen LogP contribution in [-0.2, 0) is 6.54 Å². The van der Waals surface area contributed by atoms with Crippen molar-refractivity contribution in [2.75, 3.05) is 10.6 Å². The minimum Gasteiger partial charge on any atom is -0.457 e. The minimum absolute atomic E-state index is 0.228. The number of hydrogen-bond donors (Lipinski definition) is 2. The summed E-state index contributed by atoms with van der Waals surface area (Å²) < 4.78 is 5.75. The molecule has 2 aromatic carbocycles. The van der Waals surface area contributed by atoms with Gasteiger partial charge in [-0.3, -0.25) is 9.78 Å². The number of nitrogens with zero attached hydrogens (tertiary/aromatic N) is 3. The number of benzene rings is 2. The van der Waals surface area contributed by atoms with Crippen LogP contribution < -0.4 is 15.4 Å². The molecule has 7 heteroatoms. The topological polar surface area (TPSA) is 89.0 Å². The highest BCUT2D eigenvalue weighted by molar-refractivity contribution is 6.02. The first-order valence-electron chi connectivity index (χ1n) is 9.37. The predicted octanol–water partition coefficient (Wildman–Crippen LogP) is 4.53. The summed E-state index contributed by atoms with van der Waals surface area (Å²) in [5.41, 5.74) is 1.90. The fraction of sp³-hybridized carbons (Fsp3) is 0.0435. The van der Waals surface area contributed by atoms with Gasteiger partial charge in [-0.15, -0.1) is 10.2 Å². The van der Waals surface area contributed by atoms with Crippen molar-refractivity contribution in [1.29, 1.82) is 0 Å². The molecule has 0 saturated carbocycles. The van der Waals surface area contributed by atoms with Crippen LogP contribution in [0.15, 0.2) is 91.3 Å². The molecule has 0 aliphatic rings. The number of ether oxygens (including phenoxy) is 1. The number of amides is 1. The van der Waals surface area contributed by atoms with E-state index in [-0.39, 0.29) is 11.6 Å². The largest absolute Gasteiger partial charge is 0.457 e. The molecule has 0 fully saturated rings. The van der Waals surface area contributed by atoms with Crippen LogP contribution in [0.3, 0.4) is 0 Å². The number of carbonyl (C=O) groups is 1. The number of aromatic nitrogens is 3. The average molecular weight is 397 g/mol. The Hall–Kier alpha value is -4.26. The second-order valence-electron chi connectivity index (χ2n) is 6.41. The van der Waals surface area contributed by atoms with Gasteiger partial charge in [0.15, 0.2) is 5.69 Å². The highest BCUT2D eigenvalue weighted by Gasteiger charge is 2.09. The van der Waals surface area contributed by atoms with Crippen molar-refractivity contribution in [2.45, 2.75) is 6.54 Å². The summed E-state index contributed by atoms with van der Waals surface area (Å²) in [6.45, 7) is 0.575. The molecule has 4 aromatic rings. The second-order valence-corrected chi connectivity index (χ2v) is 6.41. The van der Waals surface area contributed by atoms with E-state index in [9.17, 15) is 4.79 Å². The average Bonchev–Trinajstić information content (AvgIpc) is 2.81. The van der Waals surface area contributed by atoms with Gasteiger partial charge in [0.05, 0.1) is 0 Å². The molecule has 0 bridgehead atoms. The van der Waals surface area contributed by atoms with Crippen molar-refractivity contribution in [3.8, 4) is 11.5 Å². The Balaban J connectivity index is 1.32. The number of pyridine rings is 1. The molecule has 4 rings (SSSR count). The lowest BCUT2D eigenvalue weighted by Gasteiger charge is -2.08. The number of carbonyl (C=O) groups excluding carboxylic acids is 1. The molecule has 148 valence electrons. The zero-order valence-electron chi connectivity index (χ0n) is 16.0. The van der Waals surface area contributed by atoms with Crippen LogP contribution in [0.2, 0.25) is 0 Å². The monoisotopic (exact) mass is 397 g/mol. The van der Waals surface area contributed by atoms with Gasteiger partial charge in [0.1, 0.15) is 17.3 Å². The smallest absolute Gasteiger partial charge is 0.276 e. The van der Waals surface area contributed by atoms with Gasteiger partial charge in [-0.05, 0) is 60.2 Å². The third-order valence-corrected chi connectivity index (χ3v) is 4.18. The summed E-state index contributed by atoms with van der Waals surface area (Å²) in [6, 6.07) is 23.8. The fourth-order valence-electron chi connectivity index (χ4n) is 2.67. The lowest BCUT2D eigenvalue weighted by molar-refractivity contribution is 0.102. The quantitative estimate of drug-likeness (QED) is 0.476. The van der Waals surface area contributed by atoms with Crippen LogP contribution in [0.5, 0.6) is 11.5 Å². The van der Waals surface area contributed by atoms with Gasteiger partial charge in [-0.1, -0.05) is 24.3 Å². The van der Waals surface area contributed by atoms with Crippen LogP contribution in [0.1, 0.15) is 16.1 Å². The fourth-order valence-corrected chi connectivity index (χ4v) is 2.67. The second kappa shape index (κ2) is 9.29. The van der Waals surface area contributed by atoms with Crippen LogP contribution in [0, 0.1) is 0 Å². The zero-order chi connectivity index (χ0) is 20.6. The highest BCUT2D eigenvalue weighted by atomic mass is 16.5. The summed E-state index contributed by atoms with van der Waals surface area (Å²) in [7, 11) is 0. The summed E-state index contributed by atoms with van der Waals surface area (Å²) >= 11 is 0. The molecule has 2 aromatic heterocycles. The third kappa shape index (κ3) is 5.17. The molecule has 0 saturated heterocycles. The number of para-hydroxylation sites is 1. The number of anilines is 2. The maximum Gasteiger partial charge on any atom is 0.276 e. The molecule has 2 heterocycles. The third-order valence-electron chi connectivity index (χ3n) is 4.18. The van der Waals surface area contributed by atoms with E-state index in [1.807, 2.05) is 42.5 Å². The van der Waals surface area contributed by atoms with E-state index in [0.29, 0.717) is 23.8 Å². The van der Waals surface area contributed by atoms with Gasteiger partial charge < -0.3 is 15.4 Å². The number of nitrogens with one attached hydrogen (secondary N) is 2. The first-order valence-corrected chi connectivity index (χ1v) is 9.37. The summed E-state index contributed by atoms with van der Waals surface area (Å²) in [5, 5.41) is 14.0. The Morgan fingerprint density at radius 3 is 2.33 bits per heavy atom. The van der Waals surface area contributed by atoms with Crippen molar-refractivity contribution >= 4 is 17.4 Å². The van der Waals surface area contributed by atoms with E-state index >= 15 is 0 Å². The van der Waals surface area contributed by atoms with E-state index in [2.05, 4.69) is 25.8 Å². The molecule has 1 amide bonds.